The van der Waals surface area contributed by atoms with Gasteiger partial charge in [-0.15, -0.1) is 0 Å². The quantitative estimate of drug-likeness (QED) is 0.471. The Bertz CT molecular complexity index is 1300. The van der Waals surface area contributed by atoms with Gasteiger partial charge in [0.1, 0.15) is 12.4 Å². The largest absolute Gasteiger partial charge is 0.488 e. The molecule has 0 spiro atoms. The summed E-state index contributed by atoms with van der Waals surface area (Å²) in [6.45, 7) is 1.38. The van der Waals surface area contributed by atoms with Crippen molar-refractivity contribution in [1.29, 1.82) is 0 Å². The summed E-state index contributed by atoms with van der Waals surface area (Å²) in [5.41, 5.74) is 3.83. The number of benzene rings is 3. The highest BCUT2D eigenvalue weighted by atomic mass is 19.1. The molecule has 0 radical (unpaired) electrons. The van der Waals surface area contributed by atoms with Crippen molar-refractivity contribution in [3.8, 4) is 5.75 Å². The second-order valence-electron chi connectivity index (χ2n) is 7.19. The molecule has 0 saturated heterocycles. The van der Waals surface area contributed by atoms with Gasteiger partial charge in [-0.2, -0.15) is 0 Å². The number of rotatable bonds is 4. The maximum absolute atomic E-state index is 13.9. The zero-order valence-corrected chi connectivity index (χ0v) is 15.3. The van der Waals surface area contributed by atoms with E-state index in [4.69, 9.17) is 4.74 Å². The van der Waals surface area contributed by atoms with Gasteiger partial charge in [0.15, 0.2) is 5.75 Å². The molecule has 2 aromatic heterocycles. The highest BCUT2D eigenvalue weighted by Gasteiger charge is 2.17. The van der Waals surface area contributed by atoms with E-state index in [1.807, 2.05) is 26.2 Å². The van der Waals surface area contributed by atoms with Gasteiger partial charge in [-0.3, -0.25) is 0 Å². The molecule has 0 fully saturated rings. The van der Waals surface area contributed by atoms with Crippen LogP contribution in [0.15, 0.2) is 48.5 Å². The van der Waals surface area contributed by atoms with E-state index in [2.05, 4.69) is 33.1 Å². The maximum atomic E-state index is 13.9. The second kappa shape index (κ2) is 5.99. The molecule has 0 aliphatic carbocycles. The van der Waals surface area contributed by atoms with Crippen LogP contribution in [-0.4, -0.2) is 42.1 Å². The molecule has 2 N–H and O–H groups in total. The second-order valence-corrected chi connectivity index (χ2v) is 7.19. The van der Waals surface area contributed by atoms with Crippen molar-refractivity contribution in [3.05, 3.63) is 54.3 Å². The Morgan fingerprint density at radius 1 is 0.852 bits per heavy atom. The number of para-hydroxylation sites is 1. The first-order chi connectivity index (χ1) is 13.1. The van der Waals surface area contributed by atoms with Gasteiger partial charge < -0.3 is 19.6 Å². The Kier molecular flexibility index (Phi) is 3.58. The third-order valence-electron chi connectivity index (χ3n) is 5.07. The number of hydrogen-bond donors (Lipinski definition) is 2. The van der Waals surface area contributed by atoms with Gasteiger partial charge in [0.25, 0.3) is 0 Å². The zero-order chi connectivity index (χ0) is 18.5. The maximum Gasteiger partial charge on any atom is 0.167 e. The first-order valence-corrected chi connectivity index (χ1v) is 9.04. The highest BCUT2D eigenvalue weighted by molar-refractivity contribution is 6.20. The van der Waals surface area contributed by atoms with Crippen LogP contribution in [0.5, 0.6) is 5.75 Å². The lowest BCUT2D eigenvalue weighted by molar-refractivity contribution is 0.265. The summed E-state index contributed by atoms with van der Waals surface area (Å²) in [7, 11) is 4.04. The number of ether oxygens (including phenoxy) is 1. The lowest BCUT2D eigenvalue weighted by atomic mass is 10.1. The van der Waals surface area contributed by atoms with E-state index in [-0.39, 0.29) is 5.82 Å². The number of likely N-dealkylation sites (N-methyl/N-ethyl adjacent to an activating group) is 1. The standard InChI is InChI=1S/C22H20FN3O/c1-26(2)9-10-27-22-20-16(14-5-3-4-6-18(14)24-20)12-17-15-11-13(23)7-8-19(15)25-21(17)22/h3-8,11-12,24-25H,9-10H2,1-2H3. The van der Waals surface area contributed by atoms with Crippen LogP contribution in [-0.2, 0) is 0 Å². The van der Waals surface area contributed by atoms with Crippen molar-refractivity contribution in [3.63, 3.8) is 0 Å². The summed E-state index contributed by atoms with van der Waals surface area (Å²) in [4.78, 5) is 9.01. The molecule has 0 aliphatic heterocycles. The number of H-pyrrole nitrogens is 2. The molecule has 0 unspecified atom stereocenters. The van der Waals surface area contributed by atoms with Gasteiger partial charge in [-0.05, 0) is 44.4 Å². The molecule has 2 heterocycles. The zero-order valence-electron chi connectivity index (χ0n) is 15.3. The Morgan fingerprint density at radius 3 is 2.33 bits per heavy atom. The molecule has 27 heavy (non-hydrogen) atoms. The molecule has 0 atom stereocenters. The van der Waals surface area contributed by atoms with E-state index in [0.29, 0.717) is 6.61 Å². The van der Waals surface area contributed by atoms with Crippen LogP contribution in [0.3, 0.4) is 0 Å². The number of halogens is 1. The fourth-order valence-electron chi connectivity index (χ4n) is 3.75. The van der Waals surface area contributed by atoms with E-state index in [0.717, 1.165) is 55.9 Å². The van der Waals surface area contributed by atoms with Crippen LogP contribution < -0.4 is 4.74 Å². The fourth-order valence-corrected chi connectivity index (χ4v) is 3.75. The van der Waals surface area contributed by atoms with Crippen LogP contribution in [0, 0.1) is 5.82 Å². The molecule has 5 aromatic rings. The van der Waals surface area contributed by atoms with E-state index >= 15 is 0 Å². The van der Waals surface area contributed by atoms with Crippen molar-refractivity contribution >= 4 is 43.6 Å². The predicted octanol–water partition coefficient (Wildman–Crippen LogP) is 5.04. The van der Waals surface area contributed by atoms with Gasteiger partial charge in [-0.1, -0.05) is 18.2 Å². The van der Waals surface area contributed by atoms with Crippen molar-refractivity contribution in [2.24, 2.45) is 0 Å². The fraction of sp³-hybridized carbons (Fsp3) is 0.182. The topological polar surface area (TPSA) is 44.0 Å². The summed E-state index contributed by atoms with van der Waals surface area (Å²) in [6.07, 6.45) is 0. The van der Waals surface area contributed by atoms with Crippen LogP contribution in [0.2, 0.25) is 0 Å². The average molecular weight is 361 g/mol. The smallest absolute Gasteiger partial charge is 0.167 e. The summed E-state index contributed by atoms with van der Waals surface area (Å²) in [6, 6.07) is 15.2. The Labute approximate surface area is 155 Å². The highest BCUT2D eigenvalue weighted by Crippen LogP contribution is 2.40. The van der Waals surface area contributed by atoms with Gasteiger partial charge in [0, 0.05) is 39.1 Å². The van der Waals surface area contributed by atoms with Crippen molar-refractivity contribution in [2.45, 2.75) is 0 Å². The SMILES string of the molecule is CN(C)CCOc1c2[nH]c3ccccc3c2cc2c1[nH]c1ccc(F)cc12. The van der Waals surface area contributed by atoms with Crippen molar-refractivity contribution in [2.75, 3.05) is 27.2 Å². The molecule has 5 rings (SSSR count). The summed E-state index contributed by atoms with van der Waals surface area (Å²) in [5.74, 6) is 0.551. The molecule has 0 amide bonds. The number of nitrogens with zero attached hydrogens (tertiary/aromatic N) is 1. The number of nitrogens with one attached hydrogen (secondary N) is 2. The number of aromatic nitrogens is 2. The molecule has 3 aromatic carbocycles. The molecular weight excluding hydrogens is 341 g/mol. The minimum absolute atomic E-state index is 0.238. The first kappa shape index (κ1) is 16.1. The molecule has 0 saturated carbocycles. The molecule has 0 bridgehead atoms. The van der Waals surface area contributed by atoms with Gasteiger partial charge in [0.05, 0.1) is 11.0 Å². The van der Waals surface area contributed by atoms with Crippen LogP contribution in [0.25, 0.3) is 43.6 Å². The third kappa shape index (κ3) is 2.54. The molecule has 136 valence electrons. The molecular formula is C22H20FN3O. The molecule has 0 aliphatic rings. The average Bonchev–Trinajstić information content (AvgIpc) is 3.19. The Balaban J connectivity index is 1.85. The number of hydrogen-bond acceptors (Lipinski definition) is 2. The minimum Gasteiger partial charge on any atom is -0.488 e. The monoisotopic (exact) mass is 361 g/mol. The Morgan fingerprint density at radius 2 is 1.56 bits per heavy atom. The van der Waals surface area contributed by atoms with Gasteiger partial charge >= 0.3 is 0 Å². The summed E-state index contributed by atoms with van der Waals surface area (Å²) in [5, 5.41) is 4.07. The van der Waals surface area contributed by atoms with Crippen LogP contribution in [0.4, 0.5) is 4.39 Å². The third-order valence-corrected chi connectivity index (χ3v) is 5.07. The van der Waals surface area contributed by atoms with Crippen molar-refractivity contribution < 1.29 is 9.13 Å². The first-order valence-electron chi connectivity index (χ1n) is 9.04. The molecule has 4 nitrogen and oxygen atoms in total. The lowest BCUT2D eigenvalue weighted by Gasteiger charge is -2.12. The predicted molar refractivity (Wildman–Crippen MR) is 109 cm³/mol. The van der Waals surface area contributed by atoms with E-state index < -0.39 is 0 Å². The van der Waals surface area contributed by atoms with Gasteiger partial charge in [0.2, 0.25) is 0 Å². The normalized spacial score (nSPS) is 12.1. The molecule has 5 heteroatoms. The summed E-state index contributed by atoms with van der Waals surface area (Å²) >= 11 is 0. The number of aromatic amines is 2. The van der Waals surface area contributed by atoms with Gasteiger partial charge in [-0.25, -0.2) is 4.39 Å². The number of fused-ring (bicyclic) bond motifs is 6. The van der Waals surface area contributed by atoms with E-state index in [1.165, 1.54) is 6.07 Å². The van der Waals surface area contributed by atoms with Crippen LogP contribution in [0.1, 0.15) is 0 Å². The van der Waals surface area contributed by atoms with Crippen LogP contribution >= 0.6 is 0 Å². The summed E-state index contributed by atoms with van der Waals surface area (Å²) < 4.78 is 20.1. The lowest BCUT2D eigenvalue weighted by Crippen LogP contribution is -2.19. The van der Waals surface area contributed by atoms with E-state index in [1.54, 1.807) is 12.1 Å². The Hall–Kier alpha value is -3.05. The minimum atomic E-state index is -0.238. The van der Waals surface area contributed by atoms with E-state index in [9.17, 15) is 4.39 Å². The van der Waals surface area contributed by atoms with Crippen molar-refractivity contribution in [1.82, 2.24) is 14.9 Å².